The highest BCUT2D eigenvalue weighted by Crippen LogP contribution is 2.19. The fraction of sp³-hybridized carbons (Fsp3) is 0. The average Bonchev–Trinajstić information content (AvgIpc) is 2.75. The normalized spacial score (nSPS) is 11.1. The summed E-state index contributed by atoms with van der Waals surface area (Å²) in [5.74, 6) is -2.10. The van der Waals surface area contributed by atoms with Gasteiger partial charge >= 0.3 is 5.97 Å². The van der Waals surface area contributed by atoms with Crippen molar-refractivity contribution in [2.75, 3.05) is 0 Å². The van der Waals surface area contributed by atoms with Crippen molar-refractivity contribution in [2.45, 2.75) is 0 Å². The zero-order valence-electron chi connectivity index (χ0n) is 8.46. The van der Waals surface area contributed by atoms with E-state index in [1.54, 1.807) is 16.8 Å². The highest BCUT2D eigenvalue weighted by Gasteiger charge is 2.13. The smallest absolute Gasteiger partial charge is 0.338 e. The Kier molecular flexibility index (Phi) is 1.85. The zero-order valence-corrected chi connectivity index (χ0v) is 8.46. The van der Waals surface area contributed by atoms with Crippen molar-refractivity contribution >= 4 is 22.5 Å². The minimum atomic E-state index is -1.30. The predicted octanol–water partition coefficient (Wildman–Crippen LogP) is 1.72. The molecule has 2 aromatic heterocycles. The van der Waals surface area contributed by atoms with Crippen LogP contribution in [0.1, 0.15) is 10.4 Å². The van der Waals surface area contributed by atoms with Crippen molar-refractivity contribution in [1.82, 2.24) is 14.4 Å². The van der Waals surface area contributed by atoms with Gasteiger partial charge in [0.25, 0.3) is 0 Å². The number of hydrogen-bond acceptors (Lipinski definition) is 3. The Labute approximate surface area is 94.2 Å². The van der Waals surface area contributed by atoms with Crippen LogP contribution in [-0.4, -0.2) is 25.4 Å². The number of benzene rings is 1. The Morgan fingerprint density at radius 3 is 2.94 bits per heavy atom. The summed E-state index contributed by atoms with van der Waals surface area (Å²) >= 11 is 0. The molecule has 0 aliphatic carbocycles. The van der Waals surface area contributed by atoms with Crippen molar-refractivity contribution < 1.29 is 14.3 Å². The topological polar surface area (TPSA) is 67.5 Å². The van der Waals surface area contributed by atoms with Crippen molar-refractivity contribution in [3.05, 3.63) is 42.2 Å². The largest absolute Gasteiger partial charge is 0.478 e. The van der Waals surface area contributed by atoms with E-state index in [9.17, 15) is 9.18 Å². The zero-order chi connectivity index (χ0) is 12.0. The molecular formula is C11H6FN3O2. The molecule has 5 nitrogen and oxygen atoms in total. The number of imidazole rings is 1. The fourth-order valence-electron chi connectivity index (χ4n) is 1.75. The molecule has 0 bridgehead atoms. The van der Waals surface area contributed by atoms with Crippen molar-refractivity contribution in [3.63, 3.8) is 0 Å². The third kappa shape index (κ3) is 1.34. The number of carbonyl (C=O) groups is 1. The minimum Gasteiger partial charge on any atom is -0.478 e. The molecule has 0 saturated heterocycles. The molecule has 0 aliphatic heterocycles. The quantitative estimate of drug-likeness (QED) is 0.692. The second-order valence-electron chi connectivity index (χ2n) is 3.57. The molecule has 17 heavy (non-hydrogen) atoms. The first kappa shape index (κ1) is 9.71. The van der Waals surface area contributed by atoms with E-state index in [-0.39, 0.29) is 5.56 Å². The Balaban J connectivity index is 2.49. The molecule has 0 saturated carbocycles. The second-order valence-corrected chi connectivity index (χ2v) is 3.57. The van der Waals surface area contributed by atoms with E-state index in [1.165, 1.54) is 12.4 Å². The van der Waals surface area contributed by atoms with E-state index < -0.39 is 11.8 Å². The maximum absolute atomic E-state index is 13.5. The molecule has 84 valence electrons. The number of halogens is 1. The molecule has 1 aromatic carbocycles. The van der Waals surface area contributed by atoms with Gasteiger partial charge in [-0.25, -0.2) is 14.2 Å². The van der Waals surface area contributed by atoms with Gasteiger partial charge in [-0.3, -0.25) is 9.38 Å². The van der Waals surface area contributed by atoms with Crippen molar-refractivity contribution in [1.29, 1.82) is 0 Å². The molecule has 0 unspecified atom stereocenters. The van der Waals surface area contributed by atoms with Crippen LogP contribution in [0.25, 0.3) is 16.6 Å². The van der Waals surface area contributed by atoms with Crippen molar-refractivity contribution in [3.8, 4) is 0 Å². The molecule has 0 spiro atoms. The molecule has 3 aromatic rings. The molecule has 1 N–H and O–H groups in total. The lowest BCUT2D eigenvalue weighted by Gasteiger charge is -2.03. The number of carboxylic acid groups (broad SMARTS) is 1. The summed E-state index contributed by atoms with van der Waals surface area (Å²) in [6.45, 7) is 0. The van der Waals surface area contributed by atoms with Gasteiger partial charge in [0.15, 0.2) is 0 Å². The number of aromatic carboxylic acids is 1. The summed E-state index contributed by atoms with van der Waals surface area (Å²) in [5.41, 5.74) is 1.25. The summed E-state index contributed by atoms with van der Waals surface area (Å²) in [7, 11) is 0. The van der Waals surface area contributed by atoms with Gasteiger partial charge < -0.3 is 5.11 Å². The minimum absolute atomic E-state index is 0.375. The van der Waals surface area contributed by atoms with E-state index in [1.807, 2.05) is 0 Å². The third-order valence-corrected chi connectivity index (χ3v) is 2.56. The molecule has 0 radical (unpaired) electrons. The van der Waals surface area contributed by atoms with Gasteiger partial charge in [0.1, 0.15) is 5.82 Å². The first-order valence-corrected chi connectivity index (χ1v) is 4.80. The standard InChI is InChI=1S/C11H6FN3O2/c12-8-2-9-10(1-7(8)11(16)17)15-5-13-3-6(15)4-14-9/h1-5H,(H,16,17). The molecule has 0 aliphatic rings. The van der Waals surface area contributed by atoms with Gasteiger partial charge in [0.05, 0.1) is 40.8 Å². The molecule has 2 heterocycles. The van der Waals surface area contributed by atoms with Crippen LogP contribution in [0.3, 0.4) is 0 Å². The van der Waals surface area contributed by atoms with Gasteiger partial charge in [-0.2, -0.15) is 0 Å². The van der Waals surface area contributed by atoms with Crippen LogP contribution in [0.15, 0.2) is 30.9 Å². The Hall–Kier alpha value is -2.50. The van der Waals surface area contributed by atoms with E-state index in [0.29, 0.717) is 11.0 Å². The maximum atomic E-state index is 13.5. The summed E-state index contributed by atoms with van der Waals surface area (Å²) in [5, 5.41) is 8.86. The van der Waals surface area contributed by atoms with E-state index in [2.05, 4.69) is 9.97 Å². The third-order valence-electron chi connectivity index (χ3n) is 2.56. The van der Waals surface area contributed by atoms with Gasteiger partial charge in [0.2, 0.25) is 0 Å². The SMILES string of the molecule is O=C(O)c1cc2c(cc1F)ncc1cncn12. The molecular weight excluding hydrogens is 225 g/mol. The second kappa shape index (κ2) is 3.24. The monoisotopic (exact) mass is 231 g/mol. The average molecular weight is 231 g/mol. The highest BCUT2D eigenvalue weighted by atomic mass is 19.1. The Morgan fingerprint density at radius 1 is 1.35 bits per heavy atom. The summed E-state index contributed by atoms with van der Waals surface area (Å²) in [6, 6.07) is 2.37. The predicted molar refractivity (Wildman–Crippen MR) is 57.4 cm³/mol. The number of nitrogens with zero attached hydrogens (tertiary/aromatic N) is 3. The number of fused-ring (bicyclic) bond motifs is 3. The molecule has 6 heteroatoms. The first-order chi connectivity index (χ1) is 8.16. The summed E-state index contributed by atoms with van der Waals surface area (Å²) in [6.07, 6.45) is 4.67. The van der Waals surface area contributed by atoms with E-state index >= 15 is 0 Å². The number of hydrogen-bond donors (Lipinski definition) is 1. The summed E-state index contributed by atoms with van der Waals surface area (Å²) < 4.78 is 15.1. The molecule has 0 fully saturated rings. The molecule has 0 amide bonds. The lowest BCUT2D eigenvalue weighted by molar-refractivity contribution is 0.0692. The van der Waals surface area contributed by atoms with Crippen LogP contribution in [0.5, 0.6) is 0 Å². The van der Waals surface area contributed by atoms with Crippen LogP contribution in [0.4, 0.5) is 4.39 Å². The lowest BCUT2D eigenvalue weighted by Crippen LogP contribution is -2.02. The highest BCUT2D eigenvalue weighted by molar-refractivity contribution is 5.93. The van der Waals surface area contributed by atoms with E-state index in [0.717, 1.165) is 11.6 Å². The van der Waals surface area contributed by atoms with Crippen molar-refractivity contribution in [2.24, 2.45) is 0 Å². The van der Waals surface area contributed by atoms with Gasteiger partial charge in [-0.05, 0) is 6.07 Å². The van der Waals surface area contributed by atoms with Crippen LogP contribution in [-0.2, 0) is 0 Å². The Morgan fingerprint density at radius 2 is 2.18 bits per heavy atom. The molecule has 0 atom stereocenters. The number of rotatable bonds is 1. The van der Waals surface area contributed by atoms with Crippen LogP contribution in [0.2, 0.25) is 0 Å². The fourth-order valence-corrected chi connectivity index (χ4v) is 1.75. The van der Waals surface area contributed by atoms with Crippen LogP contribution >= 0.6 is 0 Å². The van der Waals surface area contributed by atoms with E-state index in [4.69, 9.17) is 5.11 Å². The lowest BCUT2D eigenvalue weighted by atomic mass is 10.2. The van der Waals surface area contributed by atoms with Gasteiger partial charge in [0, 0.05) is 6.07 Å². The summed E-state index contributed by atoms with van der Waals surface area (Å²) in [4.78, 5) is 18.8. The van der Waals surface area contributed by atoms with Gasteiger partial charge in [-0.1, -0.05) is 0 Å². The first-order valence-electron chi connectivity index (χ1n) is 4.80. The van der Waals surface area contributed by atoms with Gasteiger partial charge in [-0.15, -0.1) is 0 Å². The maximum Gasteiger partial charge on any atom is 0.338 e. The number of carboxylic acids is 1. The van der Waals surface area contributed by atoms with Crippen LogP contribution < -0.4 is 0 Å². The number of aromatic nitrogens is 3. The Bertz CT molecular complexity index is 751. The van der Waals surface area contributed by atoms with Crippen LogP contribution in [0, 0.1) is 5.82 Å². The molecule has 3 rings (SSSR count).